The first kappa shape index (κ1) is 19.2. The van der Waals surface area contributed by atoms with E-state index in [0.29, 0.717) is 6.54 Å². The van der Waals surface area contributed by atoms with Crippen molar-refractivity contribution in [3.8, 4) is 5.75 Å². The first-order chi connectivity index (χ1) is 12.2. The van der Waals surface area contributed by atoms with E-state index < -0.39 is 11.9 Å². The van der Waals surface area contributed by atoms with Gasteiger partial charge in [-0.3, -0.25) is 9.69 Å². The van der Waals surface area contributed by atoms with Gasteiger partial charge in [0.1, 0.15) is 5.75 Å². The minimum absolute atomic E-state index is 0.0300. The van der Waals surface area contributed by atoms with Gasteiger partial charge in [0.25, 0.3) is 0 Å². The Morgan fingerprint density at radius 2 is 1.76 bits per heavy atom. The summed E-state index contributed by atoms with van der Waals surface area (Å²) in [7, 11) is 1.64. The van der Waals surface area contributed by atoms with Gasteiger partial charge in [-0.2, -0.15) is 0 Å². The molecular formula is C19H28N2O4. The number of hydrogen-bond acceptors (Lipinski definition) is 5. The van der Waals surface area contributed by atoms with Crippen molar-refractivity contribution in [3.63, 3.8) is 0 Å². The third-order valence-electron chi connectivity index (χ3n) is 4.50. The molecule has 0 aliphatic carbocycles. The molecule has 1 aliphatic rings. The molecule has 1 fully saturated rings. The van der Waals surface area contributed by atoms with Crippen LogP contribution in [0.2, 0.25) is 0 Å². The topological polar surface area (TPSA) is 67.9 Å². The van der Waals surface area contributed by atoms with Gasteiger partial charge in [-0.25, -0.2) is 4.79 Å². The molecule has 1 unspecified atom stereocenters. The number of methoxy groups -OCH3 is 1. The molecule has 25 heavy (non-hydrogen) atoms. The van der Waals surface area contributed by atoms with Crippen molar-refractivity contribution in [1.29, 1.82) is 0 Å². The Labute approximate surface area is 149 Å². The largest absolute Gasteiger partial charge is 0.497 e. The highest BCUT2D eigenvalue weighted by molar-refractivity contribution is 6.32. The van der Waals surface area contributed by atoms with Crippen LogP contribution in [0.1, 0.15) is 44.2 Å². The van der Waals surface area contributed by atoms with E-state index in [4.69, 9.17) is 9.47 Å². The summed E-state index contributed by atoms with van der Waals surface area (Å²) in [6, 6.07) is 7.92. The van der Waals surface area contributed by atoms with Crippen molar-refractivity contribution in [2.24, 2.45) is 0 Å². The molecule has 0 saturated carbocycles. The van der Waals surface area contributed by atoms with Crippen LogP contribution in [0.15, 0.2) is 24.3 Å². The van der Waals surface area contributed by atoms with Gasteiger partial charge in [0.05, 0.1) is 19.8 Å². The minimum Gasteiger partial charge on any atom is -0.497 e. The predicted molar refractivity (Wildman–Crippen MR) is 95.4 cm³/mol. The van der Waals surface area contributed by atoms with Crippen LogP contribution < -0.4 is 10.1 Å². The summed E-state index contributed by atoms with van der Waals surface area (Å²) in [6.07, 6.45) is 4.78. The molecule has 6 heteroatoms. The summed E-state index contributed by atoms with van der Waals surface area (Å²) < 4.78 is 9.98. The third kappa shape index (κ3) is 5.74. The molecule has 1 N–H and O–H groups in total. The molecule has 1 aromatic rings. The molecule has 6 nitrogen and oxygen atoms in total. The number of rotatable bonds is 6. The van der Waals surface area contributed by atoms with Crippen LogP contribution in [0.25, 0.3) is 0 Å². The zero-order valence-corrected chi connectivity index (χ0v) is 15.1. The molecule has 0 spiro atoms. The molecule has 1 atom stereocenters. The lowest BCUT2D eigenvalue weighted by Crippen LogP contribution is -2.41. The van der Waals surface area contributed by atoms with Gasteiger partial charge in [-0.1, -0.05) is 25.0 Å². The average Bonchev–Trinajstić information content (AvgIpc) is 2.92. The Bertz CT molecular complexity index is 551. The number of nitrogens with one attached hydrogen (secondary N) is 1. The van der Waals surface area contributed by atoms with Gasteiger partial charge >= 0.3 is 11.9 Å². The monoisotopic (exact) mass is 348 g/mol. The molecule has 0 radical (unpaired) electrons. The second kappa shape index (κ2) is 10.0. The summed E-state index contributed by atoms with van der Waals surface area (Å²) >= 11 is 0. The van der Waals surface area contributed by atoms with E-state index in [0.717, 1.165) is 37.2 Å². The van der Waals surface area contributed by atoms with Crippen LogP contribution in [0.4, 0.5) is 0 Å². The standard InChI is InChI=1S/C19H28N2O4/c1-3-25-19(23)18(22)20-14-17(21-12-6-4-5-7-13-21)15-8-10-16(24-2)11-9-15/h8-11,17H,3-7,12-14H2,1-2H3,(H,20,22). The number of hydrogen-bond donors (Lipinski definition) is 1. The Morgan fingerprint density at radius 3 is 2.32 bits per heavy atom. The van der Waals surface area contributed by atoms with Crippen molar-refractivity contribution in [2.75, 3.05) is 33.4 Å². The van der Waals surface area contributed by atoms with Crippen LogP contribution in [0.3, 0.4) is 0 Å². The lowest BCUT2D eigenvalue weighted by atomic mass is 10.0. The molecule has 138 valence electrons. The quantitative estimate of drug-likeness (QED) is 0.631. The lowest BCUT2D eigenvalue weighted by molar-refractivity contribution is -0.154. The van der Waals surface area contributed by atoms with E-state index in [9.17, 15) is 9.59 Å². The SMILES string of the molecule is CCOC(=O)C(=O)NCC(c1ccc(OC)cc1)N1CCCCCC1. The van der Waals surface area contributed by atoms with Crippen molar-refractivity contribution < 1.29 is 19.1 Å². The summed E-state index contributed by atoms with van der Waals surface area (Å²) in [5, 5.41) is 2.73. The van der Waals surface area contributed by atoms with Crippen LogP contribution in [-0.4, -0.2) is 50.1 Å². The van der Waals surface area contributed by atoms with Crippen LogP contribution >= 0.6 is 0 Å². The maximum absolute atomic E-state index is 11.9. The molecule has 2 rings (SSSR count). The fraction of sp³-hybridized carbons (Fsp3) is 0.579. The summed E-state index contributed by atoms with van der Waals surface area (Å²) in [6.45, 7) is 4.24. The molecule has 0 aromatic heterocycles. The highest BCUT2D eigenvalue weighted by Crippen LogP contribution is 2.25. The molecule has 1 saturated heterocycles. The number of likely N-dealkylation sites (tertiary alicyclic amines) is 1. The van der Waals surface area contributed by atoms with E-state index in [1.54, 1.807) is 14.0 Å². The van der Waals surface area contributed by atoms with E-state index >= 15 is 0 Å². The summed E-state index contributed by atoms with van der Waals surface area (Å²) in [5.74, 6) is -0.712. The molecule has 1 aliphatic heterocycles. The van der Waals surface area contributed by atoms with Crippen LogP contribution in [0, 0.1) is 0 Å². The highest BCUT2D eigenvalue weighted by atomic mass is 16.5. The maximum Gasteiger partial charge on any atom is 0.396 e. The molecule has 1 heterocycles. The minimum atomic E-state index is -0.827. The normalized spacial score (nSPS) is 16.6. The number of nitrogens with zero attached hydrogens (tertiary/aromatic N) is 1. The molecule has 0 bridgehead atoms. The first-order valence-corrected chi connectivity index (χ1v) is 8.98. The summed E-state index contributed by atoms with van der Waals surface area (Å²) in [5.41, 5.74) is 1.10. The first-order valence-electron chi connectivity index (χ1n) is 8.98. The van der Waals surface area contributed by atoms with Gasteiger partial charge in [-0.05, 0) is 50.6 Å². The zero-order valence-electron chi connectivity index (χ0n) is 15.1. The predicted octanol–water partition coefficient (Wildman–Crippen LogP) is 2.29. The molecular weight excluding hydrogens is 320 g/mol. The zero-order chi connectivity index (χ0) is 18.1. The van der Waals surface area contributed by atoms with Crippen molar-refractivity contribution in [1.82, 2.24) is 10.2 Å². The van der Waals surface area contributed by atoms with E-state index in [-0.39, 0.29) is 12.6 Å². The summed E-state index contributed by atoms with van der Waals surface area (Å²) in [4.78, 5) is 25.8. The number of benzene rings is 1. The molecule has 1 amide bonds. The Morgan fingerprint density at radius 1 is 1.12 bits per heavy atom. The smallest absolute Gasteiger partial charge is 0.396 e. The number of ether oxygens (including phenoxy) is 2. The third-order valence-corrected chi connectivity index (χ3v) is 4.50. The van der Waals surface area contributed by atoms with Crippen molar-refractivity contribution >= 4 is 11.9 Å². The van der Waals surface area contributed by atoms with Crippen molar-refractivity contribution in [3.05, 3.63) is 29.8 Å². The van der Waals surface area contributed by atoms with Crippen LogP contribution in [0.5, 0.6) is 5.75 Å². The second-order valence-corrected chi connectivity index (χ2v) is 6.17. The lowest BCUT2D eigenvalue weighted by Gasteiger charge is -2.31. The molecule has 1 aromatic carbocycles. The maximum atomic E-state index is 11.9. The van der Waals surface area contributed by atoms with Gasteiger partial charge in [-0.15, -0.1) is 0 Å². The number of carbonyl (C=O) groups excluding carboxylic acids is 2. The fourth-order valence-corrected chi connectivity index (χ4v) is 3.15. The van der Waals surface area contributed by atoms with Gasteiger partial charge in [0, 0.05) is 6.54 Å². The Kier molecular flexibility index (Phi) is 7.73. The van der Waals surface area contributed by atoms with Gasteiger partial charge in [0.2, 0.25) is 0 Å². The number of esters is 1. The van der Waals surface area contributed by atoms with Crippen LogP contribution in [-0.2, 0) is 14.3 Å². The Hall–Kier alpha value is -2.08. The number of carbonyl (C=O) groups is 2. The fourth-order valence-electron chi connectivity index (χ4n) is 3.15. The van der Waals surface area contributed by atoms with Crippen molar-refractivity contribution in [2.45, 2.75) is 38.6 Å². The Balaban J connectivity index is 2.10. The average molecular weight is 348 g/mol. The number of amides is 1. The second-order valence-electron chi connectivity index (χ2n) is 6.17. The van der Waals surface area contributed by atoms with Gasteiger partial charge in [0.15, 0.2) is 0 Å². The van der Waals surface area contributed by atoms with Gasteiger partial charge < -0.3 is 14.8 Å². The van der Waals surface area contributed by atoms with E-state index in [1.807, 2.05) is 24.3 Å². The van der Waals surface area contributed by atoms with E-state index in [2.05, 4.69) is 10.2 Å². The highest BCUT2D eigenvalue weighted by Gasteiger charge is 2.24. The van der Waals surface area contributed by atoms with E-state index in [1.165, 1.54) is 12.8 Å².